The first-order chi connectivity index (χ1) is 24.7. The SMILES string of the molecule is CCCCn1cc[n+](Cc2cc(C=N[C@@H]3CCCC[C@H]3N=Cc3cc(C[n+]4ccn(CCCC)c4)cc(C(C)(C)C)c3O)c(O)c(C(C)(C)C)c2)c1.[Cl-].[Cl-]. The molecule has 1 fully saturated rings. The molecular weight excluding hydrogens is 715 g/mol. The van der Waals surface area contributed by atoms with E-state index in [-0.39, 0.29) is 47.7 Å². The van der Waals surface area contributed by atoms with Gasteiger partial charge in [0.15, 0.2) is 0 Å². The Morgan fingerprint density at radius 2 is 1.06 bits per heavy atom. The number of phenolic OH excluding ortho intramolecular Hbond substituents is 2. The summed E-state index contributed by atoms with van der Waals surface area (Å²) >= 11 is 0. The molecule has 0 bridgehead atoms. The summed E-state index contributed by atoms with van der Waals surface area (Å²) < 4.78 is 8.90. The lowest BCUT2D eigenvalue weighted by Gasteiger charge is -2.26. The fraction of sp³-hybridized carbons (Fsp3) is 0.545. The second-order valence-electron chi connectivity index (χ2n) is 17.0. The van der Waals surface area contributed by atoms with Crippen LogP contribution in [0.15, 0.2) is 71.7 Å². The summed E-state index contributed by atoms with van der Waals surface area (Å²) in [6, 6.07) is 8.45. The summed E-state index contributed by atoms with van der Waals surface area (Å²) in [7, 11) is 0. The highest BCUT2D eigenvalue weighted by Gasteiger charge is 2.26. The van der Waals surface area contributed by atoms with Gasteiger partial charge in [0.2, 0.25) is 12.7 Å². The van der Waals surface area contributed by atoms with E-state index in [9.17, 15) is 10.2 Å². The fourth-order valence-electron chi connectivity index (χ4n) is 7.18. The molecule has 2 aromatic carbocycles. The Morgan fingerprint density at radius 1 is 0.667 bits per heavy atom. The molecular formula is C44H64Cl2N6O2. The summed E-state index contributed by atoms with van der Waals surface area (Å²) in [5, 5.41) is 23.0. The predicted molar refractivity (Wildman–Crippen MR) is 212 cm³/mol. The number of rotatable bonds is 14. The van der Waals surface area contributed by atoms with E-state index < -0.39 is 0 Å². The molecule has 0 unspecified atom stereocenters. The third-order valence-corrected chi connectivity index (χ3v) is 10.3. The number of nitrogens with zero attached hydrogens (tertiary/aromatic N) is 6. The second-order valence-corrected chi connectivity index (χ2v) is 17.0. The number of aryl methyl sites for hydroxylation is 2. The predicted octanol–water partition coefficient (Wildman–Crippen LogP) is 2.42. The molecule has 0 aliphatic heterocycles. The molecule has 1 aliphatic rings. The third kappa shape index (κ3) is 11.9. The summed E-state index contributed by atoms with van der Waals surface area (Å²) in [6.07, 6.45) is 25.4. The Bertz CT molecular complexity index is 1710. The van der Waals surface area contributed by atoms with Crippen LogP contribution in [0.3, 0.4) is 0 Å². The molecule has 2 N–H and O–H groups in total. The molecule has 2 aromatic heterocycles. The van der Waals surface area contributed by atoms with Crippen molar-refractivity contribution in [2.45, 2.75) is 156 Å². The van der Waals surface area contributed by atoms with Gasteiger partial charge in [0.25, 0.3) is 0 Å². The lowest BCUT2D eigenvalue weighted by Crippen LogP contribution is -3.00. The van der Waals surface area contributed by atoms with Crippen molar-refractivity contribution in [2.24, 2.45) is 9.98 Å². The average molecular weight is 780 g/mol. The first-order valence-electron chi connectivity index (χ1n) is 19.6. The van der Waals surface area contributed by atoms with E-state index in [0.717, 1.165) is 98.1 Å². The number of aromatic hydroxyl groups is 2. The van der Waals surface area contributed by atoms with Crippen molar-refractivity contribution in [3.8, 4) is 11.5 Å². The van der Waals surface area contributed by atoms with E-state index in [2.05, 4.69) is 135 Å². The molecule has 0 radical (unpaired) electrons. The van der Waals surface area contributed by atoms with Crippen LogP contribution in [-0.4, -0.2) is 43.9 Å². The van der Waals surface area contributed by atoms with Gasteiger partial charge in [-0.15, -0.1) is 0 Å². The Labute approximate surface area is 336 Å². The molecule has 2 atom stereocenters. The Kier molecular flexibility index (Phi) is 16.4. The van der Waals surface area contributed by atoms with Gasteiger partial charge in [0.1, 0.15) is 49.4 Å². The van der Waals surface area contributed by atoms with Gasteiger partial charge in [0, 0.05) is 34.7 Å². The van der Waals surface area contributed by atoms with Gasteiger partial charge in [-0.2, -0.15) is 0 Å². The Hall–Kier alpha value is -3.62. The molecule has 1 aliphatic carbocycles. The fourth-order valence-corrected chi connectivity index (χ4v) is 7.18. The summed E-state index contributed by atoms with van der Waals surface area (Å²) in [6.45, 7) is 20.8. The maximum atomic E-state index is 11.5. The molecule has 0 amide bonds. The van der Waals surface area contributed by atoms with Crippen LogP contribution in [-0.2, 0) is 37.0 Å². The van der Waals surface area contributed by atoms with Crippen LogP contribution < -0.4 is 33.9 Å². The van der Waals surface area contributed by atoms with Crippen LogP contribution in [0.25, 0.3) is 0 Å². The number of halogens is 2. The summed E-state index contributed by atoms with van der Waals surface area (Å²) in [5.74, 6) is 0.604. The number of hydrogen-bond donors (Lipinski definition) is 2. The van der Waals surface area contributed by atoms with Gasteiger partial charge in [-0.1, -0.05) is 81.1 Å². The van der Waals surface area contributed by atoms with Crippen LogP contribution in [0.5, 0.6) is 11.5 Å². The molecule has 54 heavy (non-hydrogen) atoms. The minimum absolute atomic E-state index is 0. The highest BCUT2D eigenvalue weighted by molar-refractivity contribution is 5.86. The van der Waals surface area contributed by atoms with Crippen molar-refractivity contribution in [3.05, 3.63) is 95.1 Å². The van der Waals surface area contributed by atoms with E-state index in [4.69, 9.17) is 9.98 Å². The highest BCUT2D eigenvalue weighted by atomic mass is 35.5. The molecule has 2 heterocycles. The average Bonchev–Trinajstić information content (AvgIpc) is 3.74. The van der Waals surface area contributed by atoms with Gasteiger partial charge in [-0.3, -0.25) is 9.98 Å². The van der Waals surface area contributed by atoms with Gasteiger partial charge in [0.05, 0.1) is 25.2 Å². The van der Waals surface area contributed by atoms with Crippen molar-refractivity contribution in [3.63, 3.8) is 0 Å². The molecule has 10 heteroatoms. The standard InChI is InChI=1S/C44H62N6O2.2ClH/c1-9-11-17-47-19-21-49(31-47)29-33-23-35(41(51)37(25-33)43(3,4)5)27-45-39-15-13-14-16-40(39)46-28-36-24-34(26-38(42(36)52)44(6,7)8)30-50-22-20-48(32-50)18-12-10-2;;/h19-28,31-32,39-40H,9-18,29-30H2,1-8H3;2*1H/t39-,40-;;/m1../s1. The van der Waals surface area contributed by atoms with Gasteiger partial charge < -0.3 is 35.0 Å². The van der Waals surface area contributed by atoms with Crippen LogP contribution in [0.4, 0.5) is 0 Å². The van der Waals surface area contributed by atoms with E-state index >= 15 is 0 Å². The van der Waals surface area contributed by atoms with Crippen molar-refractivity contribution in [2.75, 3.05) is 0 Å². The Morgan fingerprint density at radius 3 is 1.41 bits per heavy atom. The van der Waals surface area contributed by atoms with Crippen LogP contribution in [0.2, 0.25) is 0 Å². The van der Waals surface area contributed by atoms with E-state index in [1.165, 1.54) is 12.8 Å². The largest absolute Gasteiger partial charge is 1.00 e. The first kappa shape index (κ1) is 44.8. The third-order valence-electron chi connectivity index (χ3n) is 10.3. The van der Waals surface area contributed by atoms with E-state index in [0.29, 0.717) is 11.5 Å². The molecule has 0 spiro atoms. The minimum atomic E-state index is -0.224. The summed E-state index contributed by atoms with van der Waals surface area (Å²) in [5.41, 5.74) is 5.19. The maximum Gasteiger partial charge on any atom is 0.244 e. The molecule has 5 rings (SSSR count). The zero-order valence-electron chi connectivity index (χ0n) is 33.9. The van der Waals surface area contributed by atoms with Crippen LogP contribution >= 0.6 is 0 Å². The van der Waals surface area contributed by atoms with Gasteiger partial charge in [-0.25, -0.2) is 18.3 Å². The van der Waals surface area contributed by atoms with Crippen molar-refractivity contribution in [1.82, 2.24) is 9.13 Å². The normalized spacial score (nSPS) is 16.5. The second kappa shape index (κ2) is 19.8. The monoisotopic (exact) mass is 778 g/mol. The number of imidazole rings is 2. The number of aromatic nitrogens is 4. The van der Waals surface area contributed by atoms with Gasteiger partial charge >= 0.3 is 0 Å². The van der Waals surface area contributed by atoms with Crippen molar-refractivity contribution in [1.29, 1.82) is 0 Å². The zero-order chi connectivity index (χ0) is 37.5. The molecule has 4 aromatic rings. The molecule has 296 valence electrons. The molecule has 1 saturated carbocycles. The van der Waals surface area contributed by atoms with E-state index in [1.54, 1.807) is 0 Å². The van der Waals surface area contributed by atoms with Crippen LogP contribution in [0.1, 0.15) is 140 Å². The van der Waals surface area contributed by atoms with Crippen molar-refractivity contribution >= 4 is 12.4 Å². The topological polar surface area (TPSA) is 82.8 Å². The number of aliphatic imine (C=N–C) groups is 2. The smallest absolute Gasteiger partial charge is 0.244 e. The minimum Gasteiger partial charge on any atom is -1.00 e. The number of phenols is 2. The lowest BCUT2D eigenvalue weighted by molar-refractivity contribution is -0.688. The quantitative estimate of drug-likeness (QED) is 0.153. The number of benzene rings is 2. The van der Waals surface area contributed by atoms with Crippen molar-refractivity contribution < 1.29 is 44.2 Å². The zero-order valence-corrected chi connectivity index (χ0v) is 35.4. The number of hydrogen-bond acceptors (Lipinski definition) is 4. The first-order valence-corrected chi connectivity index (χ1v) is 19.6. The van der Waals surface area contributed by atoms with E-state index in [1.807, 2.05) is 12.4 Å². The number of unbranched alkanes of at least 4 members (excludes halogenated alkanes) is 2. The molecule has 0 saturated heterocycles. The molecule has 8 nitrogen and oxygen atoms in total. The Balaban J connectivity index is 0.00000392. The maximum absolute atomic E-state index is 11.5. The highest BCUT2D eigenvalue weighted by Crippen LogP contribution is 2.36. The van der Waals surface area contributed by atoms with Crippen LogP contribution in [0, 0.1) is 0 Å². The van der Waals surface area contributed by atoms with Gasteiger partial charge in [-0.05, 0) is 71.9 Å². The summed E-state index contributed by atoms with van der Waals surface area (Å²) in [4.78, 5) is 10.2. The lowest BCUT2D eigenvalue weighted by atomic mass is 9.84.